The summed E-state index contributed by atoms with van der Waals surface area (Å²) in [6.07, 6.45) is 0. The number of urea groups is 1. The Morgan fingerprint density at radius 2 is 2.32 bits per heavy atom. The fourth-order valence-corrected chi connectivity index (χ4v) is 1.72. The van der Waals surface area contributed by atoms with Crippen molar-refractivity contribution in [3.05, 3.63) is 34.1 Å². The number of rotatable bonds is 5. The van der Waals surface area contributed by atoms with Crippen molar-refractivity contribution in [3.63, 3.8) is 0 Å². The minimum Gasteiger partial charge on any atom is -0.492 e. The number of nitro groups is 1. The first kappa shape index (κ1) is 13.1. The molecule has 19 heavy (non-hydrogen) atoms. The number of halogens is 1. The monoisotopic (exact) mass is 269 g/mol. The molecule has 2 amide bonds. The number of benzene rings is 1. The highest BCUT2D eigenvalue weighted by Crippen LogP contribution is 2.22. The topological polar surface area (TPSA) is 84.7 Å². The number of nitrogens with one attached hydrogen (secondary N) is 1. The number of hydrogen-bond donors (Lipinski definition) is 1. The molecule has 8 heteroatoms. The largest absolute Gasteiger partial charge is 0.492 e. The van der Waals surface area contributed by atoms with E-state index in [2.05, 4.69) is 5.32 Å². The lowest BCUT2D eigenvalue weighted by atomic mass is 10.3. The normalized spacial score (nSPS) is 14.4. The van der Waals surface area contributed by atoms with Crippen LogP contribution in [-0.4, -0.2) is 42.1 Å². The molecule has 102 valence electrons. The Morgan fingerprint density at radius 3 is 2.89 bits per heavy atom. The van der Waals surface area contributed by atoms with Gasteiger partial charge in [0.25, 0.3) is 0 Å². The molecule has 0 radical (unpaired) electrons. The highest BCUT2D eigenvalue weighted by Gasteiger charge is 2.19. The van der Waals surface area contributed by atoms with E-state index < -0.39 is 16.4 Å². The van der Waals surface area contributed by atoms with Crippen LogP contribution in [0.25, 0.3) is 0 Å². The van der Waals surface area contributed by atoms with Crippen molar-refractivity contribution in [2.45, 2.75) is 0 Å². The number of amides is 2. The Labute approximate surface area is 108 Å². The summed E-state index contributed by atoms with van der Waals surface area (Å²) < 4.78 is 18.5. The summed E-state index contributed by atoms with van der Waals surface area (Å²) in [5.74, 6) is -0.746. The van der Waals surface area contributed by atoms with Crippen molar-refractivity contribution in [1.82, 2.24) is 10.2 Å². The van der Waals surface area contributed by atoms with Gasteiger partial charge in [-0.05, 0) is 6.07 Å². The highest BCUT2D eigenvalue weighted by molar-refractivity contribution is 5.76. The molecular weight excluding hydrogens is 257 g/mol. The third-order valence-corrected chi connectivity index (χ3v) is 2.69. The van der Waals surface area contributed by atoms with E-state index in [1.165, 1.54) is 6.07 Å². The Balaban J connectivity index is 1.88. The first-order valence-electron chi connectivity index (χ1n) is 5.67. The molecule has 1 N–H and O–H groups in total. The molecule has 0 unspecified atom stereocenters. The summed E-state index contributed by atoms with van der Waals surface area (Å²) in [5, 5.41) is 13.1. The van der Waals surface area contributed by atoms with Crippen molar-refractivity contribution < 1.29 is 18.8 Å². The van der Waals surface area contributed by atoms with Crippen LogP contribution in [0.5, 0.6) is 5.75 Å². The van der Waals surface area contributed by atoms with E-state index in [1.807, 2.05) is 0 Å². The Morgan fingerprint density at radius 1 is 1.53 bits per heavy atom. The van der Waals surface area contributed by atoms with Gasteiger partial charge < -0.3 is 15.0 Å². The molecule has 0 spiro atoms. The lowest BCUT2D eigenvalue weighted by Gasteiger charge is -2.14. The summed E-state index contributed by atoms with van der Waals surface area (Å²) in [5.41, 5.74) is -0.591. The maximum atomic E-state index is 13.3. The number of carbonyl (C=O) groups is 1. The van der Waals surface area contributed by atoms with Crippen LogP contribution in [0.2, 0.25) is 0 Å². The van der Waals surface area contributed by atoms with Gasteiger partial charge in [0.1, 0.15) is 12.4 Å². The summed E-state index contributed by atoms with van der Waals surface area (Å²) in [6, 6.07) is 3.18. The number of ether oxygens (including phenoxy) is 1. The van der Waals surface area contributed by atoms with Crippen molar-refractivity contribution >= 4 is 11.7 Å². The summed E-state index contributed by atoms with van der Waals surface area (Å²) in [4.78, 5) is 22.4. The Hall–Kier alpha value is -2.38. The van der Waals surface area contributed by atoms with Gasteiger partial charge in [-0.1, -0.05) is 0 Å². The van der Waals surface area contributed by atoms with Crippen LogP contribution in [0, 0.1) is 15.9 Å². The van der Waals surface area contributed by atoms with Gasteiger partial charge in [-0.25, -0.2) is 4.79 Å². The first-order chi connectivity index (χ1) is 9.08. The van der Waals surface area contributed by atoms with Crippen LogP contribution in [0.4, 0.5) is 14.9 Å². The van der Waals surface area contributed by atoms with E-state index in [0.29, 0.717) is 19.6 Å². The highest BCUT2D eigenvalue weighted by atomic mass is 19.1. The Kier molecular flexibility index (Phi) is 3.79. The summed E-state index contributed by atoms with van der Waals surface area (Å²) in [6.45, 7) is 1.79. The van der Waals surface area contributed by atoms with Gasteiger partial charge in [0, 0.05) is 25.2 Å². The van der Waals surface area contributed by atoms with Gasteiger partial charge in [0.15, 0.2) is 0 Å². The molecule has 1 aromatic carbocycles. The SMILES string of the molecule is O=C1NCCN1CCOc1ccc([N+](=O)[O-])c(F)c1. The lowest BCUT2D eigenvalue weighted by molar-refractivity contribution is -0.387. The first-order valence-corrected chi connectivity index (χ1v) is 5.67. The van der Waals surface area contributed by atoms with E-state index in [-0.39, 0.29) is 18.4 Å². The second kappa shape index (κ2) is 5.51. The van der Waals surface area contributed by atoms with Crippen molar-refractivity contribution in [3.8, 4) is 5.75 Å². The van der Waals surface area contributed by atoms with E-state index in [0.717, 1.165) is 12.1 Å². The number of carbonyl (C=O) groups excluding carboxylic acids is 1. The molecule has 1 heterocycles. The van der Waals surface area contributed by atoms with Gasteiger partial charge in [0.05, 0.1) is 11.5 Å². The van der Waals surface area contributed by atoms with Gasteiger partial charge in [-0.3, -0.25) is 10.1 Å². The third-order valence-electron chi connectivity index (χ3n) is 2.69. The minimum absolute atomic E-state index is 0.154. The number of nitrogens with zero attached hydrogens (tertiary/aromatic N) is 2. The molecule has 1 aliphatic heterocycles. The van der Waals surface area contributed by atoms with E-state index >= 15 is 0 Å². The second-order valence-electron chi connectivity index (χ2n) is 3.94. The average Bonchev–Trinajstić information content (AvgIpc) is 2.75. The van der Waals surface area contributed by atoms with Crippen molar-refractivity contribution in [1.29, 1.82) is 0 Å². The maximum Gasteiger partial charge on any atom is 0.317 e. The zero-order valence-electron chi connectivity index (χ0n) is 9.97. The molecule has 2 rings (SSSR count). The van der Waals surface area contributed by atoms with E-state index in [4.69, 9.17) is 4.74 Å². The fourth-order valence-electron chi connectivity index (χ4n) is 1.72. The third kappa shape index (κ3) is 3.09. The fraction of sp³-hybridized carbons (Fsp3) is 0.364. The quantitative estimate of drug-likeness (QED) is 0.641. The number of hydrogen-bond acceptors (Lipinski definition) is 4. The minimum atomic E-state index is -0.943. The Bertz CT molecular complexity index is 509. The van der Waals surface area contributed by atoms with Gasteiger partial charge in [0.2, 0.25) is 5.82 Å². The zero-order valence-corrected chi connectivity index (χ0v) is 9.97. The summed E-state index contributed by atoms with van der Waals surface area (Å²) in [7, 11) is 0. The average molecular weight is 269 g/mol. The zero-order chi connectivity index (χ0) is 13.8. The standard InChI is InChI=1S/C11H12FN3O4/c12-9-7-8(1-2-10(9)15(17)18)19-6-5-14-4-3-13-11(14)16/h1-2,7H,3-6H2,(H,13,16). The molecular formula is C11H12FN3O4. The molecule has 0 atom stereocenters. The smallest absolute Gasteiger partial charge is 0.317 e. The van der Waals surface area contributed by atoms with Gasteiger partial charge >= 0.3 is 11.7 Å². The van der Waals surface area contributed by atoms with Crippen LogP contribution in [-0.2, 0) is 0 Å². The van der Waals surface area contributed by atoms with E-state index in [9.17, 15) is 19.3 Å². The number of nitro benzene ring substituents is 1. The molecule has 1 aliphatic rings. The molecule has 0 bridgehead atoms. The molecule has 1 fully saturated rings. The van der Waals surface area contributed by atoms with Crippen LogP contribution in [0.15, 0.2) is 18.2 Å². The van der Waals surface area contributed by atoms with Crippen LogP contribution >= 0.6 is 0 Å². The summed E-state index contributed by atoms with van der Waals surface area (Å²) >= 11 is 0. The second-order valence-corrected chi connectivity index (χ2v) is 3.94. The molecule has 0 aromatic heterocycles. The molecule has 1 aromatic rings. The van der Waals surface area contributed by atoms with Gasteiger partial charge in [-0.15, -0.1) is 0 Å². The maximum absolute atomic E-state index is 13.3. The van der Waals surface area contributed by atoms with Crippen LogP contribution < -0.4 is 10.1 Å². The van der Waals surface area contributed by atoms with Crippen molar-refractivity contribution in [2.24, 2.45) is 0 Å². The predicted molar refractivity (Wildman–Crippen MR) is 63.5 cm³/mol. The lowest BCUT2D eigenvalue weighted by Crippen LogP contribution is -2.31. The predicted octanol–water partition coefficient (Wildman–Crippen LogP) is 1.14. The molecule has 1 saturated heterocycles. The molecule has 0 saturated carbocycles. The molecule has 7 nitrogen and oxygen atoms in total. The van der Waals surface area contributed by atoms with Crippen molar-refractivity contribution in [2.75, 3.05) is 26.2 Å². The van der Waals surface area contributed by atoms with Crippen LogP contribution in [0.3, 0.4) is 0 Å². The molecule has 0 aliphatic carbocycles. The van der Waals surface area contributed by atoms with E-state index in [1.54, 1.807) is 4.90 Å². The van der Waals surface area contributed by atoms with Crippen LogP contribution in [0.1, 0.15) is 0 Å². The van der Waals surface area contributed by atoms with Gasteiger partial charge in [-0.2, -0.15) is 4.39 Å².